The van der Waals surface area contributed by atoms with Crippen molar-refractivity contribution in [3.05, 3.63) is 52.5 Å². The number of halogens is 2. The Morgan fingerprint density at radius 2 is 1.77 bits per heavy atom. The first-order valence-corrected chi connectivity index (χ1v) is 12.2. The molecule has 2 heterocycles. The Morgan fingerprint density at radius 1 is 1.07 bits per heavy atom. The van der Waals surface area contributed by atoms with Crippen molar-refractivity contribution in [1.82, 2.24) is 14.5 Å². The number of sulfone groups is 2. The number of ether oxygens (including phenoxy) is 1. The van der Waals surface area contributed by atoms with E-state index in [9.17, 15) is 30.4 Å². The molecule has 0 radical (unpaired) electrons. The second-order valence-electron chi connectivity index (χ2n) is 6.48. The molecule has 0 saturated heterocycles. The average molecular weight is 459 g/mol. The molecule has 3 aromatic rings. The zero-order valence-electron chi connectivity index (χ0n) is 15.7. The van der Waals surface area contributed by atoms with Crippen molar-refractivity contribution < 1.29 is 30.4 Å². The van der Waals surface area contributed by atoms with Gasteiger partial charge in [-0.2, -0.15) is 4.98 Å². The van der Waals surface area contributed by atoms with Crippen molar-refractivity contribution in [3.8, 4) is 11.5 Å². The number of nitrogens with zero attached hydrogens (tertiary/aromatic N) is 3. The van der Waals surface area contributed by atoms with E-state index in [1.54, 1.807) is 0 Å². The summed E-state index contributed by atoms with van der Waals surface area (Å²) < 4.78 is 79.9. The van der Waals surface area contributed by atoms with Crippen LogP contribution in [0.1, 0.15) is 0 Å². The van der Waals surface area contributed by atoms with Gasteiger partial charge >= 0.3 is 0 Å². The molecule has 0 unspecified atom stereocenters. The number of hydrogen-bond donors (Lipinski definition) is 0. The highest BCUT2D eigenvalue weighted by Crippen LogP contribution is 2.25. The maximum Gasteiger partial charge on any atom is 0.295 e. The largest absolute Gasteiger partial charge is 0.448 e. The highest BCUT2D eigenvalue weighted by Gasteiger charge is 2.19. The molecular weight excluding hydrogens is 444 g/mol. The molecule has 0 saturated carbocycles. The lowest BCUT2D eigenvalue weighted by Gasteiger charge is -2.13. The topological polar surface area (TPSA) is 125 Å². The van der Waals surface area contributed by atoms with Gasteiger partial charge in [0.2, 0.25) is 15.0 Å². The van der Waals surface area contributed by atoms with Crippen LogP contribution >= 0.6 is 0 Å². The van der Waals surface area contributed by atoms with E-state index in [0.717, 1.165) is 41.5 Å². The van der Waals surface area contributed by atoms with Gasteiger partial charge in [0.05, 0.1) is 5.75 Å². The molecule has 0 amide bonds. The molecule has 160 valence electrons. The summed E-state index contributed by atoms with van der Waals surface area (Å²) in [6.45, 7) is -0.364. The Bertz CT molecular complexity index is 1420. The Hall–Kier alpha value is -2.93. The zero-order valence-corrected chi connectivity index (χ0v) is 17.3. The van der Waals surface area contributed by atoms with E-state index >= 15 is 0 Å². The lowest BCUT2D eigenvalue weighted by molar-refractivity contribution is 0.429. The molecule has 0 aliphatic rings. The lowest BCUT2D eigenvalue weighted by Crippen LogP contribution is -2.26. The number of pyridine rings is 1. The van der Waals surface area contributed by atoms with Gasteiger partial charge in [-0.05, 0) is 18.2 Å². The fraction of sp³-hybridized carbons (Fsp3) is 0.235. The highest BCUT2D eigenvalue weighted by atomic mass is 32.2. The normalized spacial score (nSPS) is 12.3. The highest BCUT2D eigenvalue weighted by molar-refractivity contribution is 7.90. The van der Waals surface area contributed by atoms with Crippen LogP contribution in [0.2, 0.25) is 0 Å². The van der Waals surface area contributed by atoms with E-state index in [-0.39, 0.29) is 17.6 Å². The van der Waals surface area contributed by atoms with E-state index in [1.165, 1.54) is 0 Å². The van der Waals surface area contributed by atoms with Gasteiger partial charge in [0.25, 0.3) is 5.56 Å². The van der Waals surface area contributed by atoms with Crippen molar-refractivity contribution in [2.24, 2.45) is 0 Å². The van der Waals surface area contributed by atoms with E-state index in [0.29, 0.717) is 6.07 Å². The Balaban J connectivity index is 2.21. The van der Waals surface area contributed by atoms with Crippen LogP contribution in [0.4, 0.5) is 8.78 Å². The fourth-order valence-corrected chi connectivity index (χ4v) is 3.52. The summed E-state index contributed by atoms with van der Waals surface area (Å²) in [6.07, 6.45) is 2.95. The van der Waals surface area contributed by atoms with Crippen molar-refractivity contribution in [2.75, 3.05) is 18.3 Å². The predicted molar refractivity (Wildman–Crippen MR) is 103 cm³/mol. The first kappa shape index (κ1) is 21.8. The number of fused-ring (bicyclic) bond motifs is 1. The van der Waals surface area contributed by atoms with Crippen molar-refractivity contribution in [3.63, 3.8) is 0 Å². The first-order valence-electron chi connectivity index (χ1n) is 8.26. The molecular formula is C17H15F2N3O6S2. The van der Waals surface area contributed by atoms with Gasteiger partial charge in [-0.1, -0.05) is 0 Å². The van der Waals surface area contributed by atoms with Crippen LogP contribution in [0.5, 0.6) is 11.5 Å². The molecule has 30 heavy (non-hydrogen) atoms. The third-order valence-corrected chi connectivity index (χ3v) is 5.69. The Labute approximate surface area is 169 Å². The molecule has 0 atom stereocenters. The Kier molecular flexibility index (Phi) is 5.60. The minimum absolute atomic E-state index is 0.133. The molecule has 0 aliphatic carbocycles. The molecule has 13 heteroatoms. The zero-order chi connectivity index (χ0) is 22.3. The van der Waals surface area contributed by atoms with Crippen LogP contribution in [-0.4, -0.2) is 49.6 Å². The molecule has 1 aromatic carbocycles. The summed E-state index contributed by atoms with van der Waals surface area (Å²) in [7, 11) is -7.30. The molecule has 3 rings (SSSR count). The van der Waals surface area contributed by atoms with Gasteiger partial charge in [-0.3, -0.25) is 9.36 Å². The number of benzene rings is 1. The van der Waals surface area contributed by atoms with E-state index in [1.807, 2.05) is 0 Å². The second-order valence-corrected chi connectivity index (χ2v) is 10.6. The number of aryl methyl sites for hydroxylation is 1. The minimum atomic E-state index is -3.81. The van der Waals surface area contributed by atoms with Gasteiger partial charge in [-0.25, -0.2) is 30.6 Å². The summed E-state index contributed by atoms with van der Waals surface area (Å²) >= 11 is 0. The molecule has 0 bridgehead atoms. The van der Waals surface area contributed by atoms with E-state index < -0.39 is 59.3 Å². The van der Waals surface area contributed by atoms with E-state index in [4.69, 9.17) is 4.74 Å². The summed E-state index contributed by atoms with van der Waals surface area (Å²) in [4.78, 5) is 20.5. The smallest absolute Gasteiger partial charge is 0.295 e. The minimum Gasteiger partial charge on any atom is -0.448 e. The standard InChI is InChI=1S/C17H15F2N3O6S2/c1-29(24,25)6-5-22-15-10(9-20-17(21-15)30(2,26)27)7-14(16(22)23)28-13-4-3-11(18)8-12(13)19/h3-4,7-9H,5-6H2,1-2H3. The summed E-state index contributed by atoms with van der Waals surface area (Å²) in [5.41, 5.74) is -1.01. The van der Waals surface area contributed by atoms with E-state index in [2.05, 4.69) is 9.97 Å². The third-order valence-electron chi connectivity index (χ3n) is 3.90. The second kappa shape index (κ2) is 7.72. The maximum absolute atomic E-state index is 13.9. The third kappa shape index (κ3) is 4.79. The quantitative estimate of drug-likeness (QED) is 0.505. The molecule has 0 aliphatic heterocycles. The van der Waals surface area contributed by atoms with Gasteiger partial charge < -0.3 is 4.74 Å². The Morgan fingerprint density at radius 3 is 2.37 bits per heavy atom. The average Bonchev–Trinajstić information content (AvgIpc) is 2.62. The van der Waals surface area contributed by atoms with Crippen LogP contribution < -0.4 is 10.3 Å². The van der Waals surface area contributed by atoms with Crippen molar-refractivity contribution in [1.29, 1.82) is 0 Å². The molecule has 0 N–H and O–H groups in total. The lowest BCUT2D eigenvalue weighted by atomic mass is 10.3. The molecule has 0 spiro atoms. The number of hydrogen-bond acceptors (Lipinski definition) is 8. The fourth-order valence-electron chi connectivity index (χ4n) is 2.51. The summed E-state index contributed by atoms with van der Waals surface area (Å²) in [5.74, 6) is -3.19. The first-order chi connectivity index (χ1) is 13.8. The van der Waals surface area contributed by atoms with Crippen LogP contribution in [0.3, 0.4) is 0 Å². The van der Waals surface area contributed by atoms with Gasteiger partial charge in [-0.15, -0.1) is 0 Å². The monoisotopic (exact) mass is 459 g/mol. The SMILES string of the molecule is CS(=O)(=O)CCn1c(=O)c(Oc2ccc(F)cc2F)cc2cnc(S(C)(=O)=O)nc21. The number of aromatic nitrogens is 3. The van der Waals surface area contributed by atoms with Crippen LogP contribution in [0.15, 0.2) is 40.4 Å². The van der Waals surface area contributed by atoms with Crippen molar-refractivity contribution in [2.45, 2.75) is 11.7 Å². The summed E-state index contributed by atoms with van der Waals surface area (Å²) in [5, 5.41) is -0.409. The maximum atomic E-state index is 13.9. The molecule has 0 fully saturated rings. The van der Waals surface area contributed by atoms with Gasteiger partial charge in [0.15, 0.2) is 17.3 Å². The predicted octanol–water partition coefficient (Wildman–Crippen LogP) is 1.31. The molecule has 2 aromatic heterocycles. The number of rotatable bonds is 6. The molecule has 9 nitrogen and oxygen atoms in total. The van der Waals surface area contributed by atoms with Crippen molar-refractivity contribution >= 4 is 30.7 Å². The van der Waals surface area contributed by atoms with Crippen LogP contribution in [-0.2, 0) is 26.2 Å². The van der Waals surface area contributed by atoms with Gasteiger partial charge in [0.1, 0.15) is 21.3 Å². The van der Waals surface area contributed by atoms with Gasteiger partial charge in [0, 0.05) is 36.7 Å². The van der Waals surface area contributed by atoms with Crippen LogP contribution in [0.25, 0.3) is 11.0 Å². The van der Waals surface area contributed by atoms with Crippen LogP contribution in [0, 0.1) is 11.6 Å². The summed E-state index contributed by atoms with van der Waals surface area (Å²) in [6, 6.07) is 3.64.